The first kappa shape index (κ1) is 18.0. The number of benzene rings is 1. The van der Waals surface area contributed by atoms with E-state index in [2.05, 4.69) is 39.0 Å². The fourth-order valence-electron chi connectivity index (χ4n) is 3.49. The van der Waals surface area contributed by atoms with Gasteiger partial charge < -0.3 is 9.80 Å². The first-order chi connectivity index (χ1) is 12.0. The van der Waals surface area contributed by atoms with Gasteiger partial charge in [-0.25, -0.2) is 0 Å². The lowest BCUT2D eigenvalue weighted by Crippen LogP contribution is -2.38. The van der Waals surface area contributed by atoms with Crippen LogP contribution in [0.4, 0.5) is 0 Å². The van der Waals surface area contributed by atoms with Gasteiger partial charge in [0.15, 0.2) is 0 Å². The number of hydrogen-bond donors (Lipinski definition) is 0. The Balaban J connectivity index is 1.61. The van der Waals surface area contributed by atoms with Crippen molar-refractivity contribution in [2.45, 2.75) is 52.4 Å². The maximum Gasteiger partial charge on any atom is 0.227 e. The van der Waals surface area contributed by atoms with Gasteiger partial charge >= 0.3 is 0 Å². The monoisotopic (exact) mass is 342 g/mol. The Morgan fingerprint density at radius 1 is 1.08 bits per heavy atom. The van der Waals surface area contributed by atoms with Crippen LogP contribution in [-0.4, -0.2) is 47.8 Å². The summed E-state index contributed by atoms with van der Waals surface area (Å²) in [6.45, 7) is 9.34. The predicted molar refractivity (Wildman–Crippen MR) is 99.5 cm³/mol. The molecule has 25 heavy (non-hydrogen) atoms. The van der Waals surface area contributed by atoms with Gasteiger partial charge in [0, 0.05) is 32.1 Å². The maximum atomic E-state index is 12.8. The summed E-state index contributed by atoms with van der Waals surface area (Å²) in [4.78, 5) is 29.0. The third-order valence-corrected chi connectivity index (χ3v) is 5.47. The molecular formula is C21H30N2O2. The summed E-state index contributed by atoms with van der Waals surface area (Å²) < 4.78 is 0. The van der Waals surface area contributed by atoms with Crippen LogP contribution in [0.3, 0.4) is 0 Å². The molecule has 1 aliphatic heterocycles. The number of amides is 2. The van der Waals surface area contributed by atoms with E-state index < -0.39 is 0 Å². The van der Waals surface area contributed by atoms with Crippen LogP contribution in [0.25, 0.3) is 0 Å². The van der Waals surface area contributed by atoms with Gasteiger partial charge in [-0.1, -0.05) is 32.0 Å². The molecule has 0 atom stereocenters. The molecule has 1 aromatic carbocycles. The molecule has 4 heteroatoms. The van der Waals surface area contributed by atoms with Crippen molar-refractivity contribution in [2.75, 3.05) is 26.2 Å². The fraction of sp³-hybridized carbons (Fsp3) is 0.619. The molecule has 1 aliphatic carbocycles. The number of carbonyl (C=O) groups excluding carboxylic acids is 2. The minimum Gasteiger partial charge on any atom is -0.341 e. The molecular weight excluding hydrogens is 312 g/mol. The summed E-state index contributed by atoms with van der Waals surface area (Å²) in [7, 11) is 0. The van der Waals surface area contributed by atoms with E-state index in [4.69, 9.17) is 0 Å². The van der Waals surface area contributed by atoms with E-state index in [1.807, 2.05) is 9.80 Å². The molecule has 0 spiro atoms. The highest BCUT2D eigenvalue weighted by Crippen LogP contribution is 2.31. The Bertz CT molecular complexity index is 649. The van der Waals surface area contributed by atoms with Gasteiger partial charge in [0.1, 0.15) is 0 Å². The zero-order valence-electron chi connectivity index (χ0n) is 15.8. The summed E-state index contributed by atoms with van der Waals surface area (Å²) in [5.41, 5.74) is 3.59. The van der Waals surface area contributed by atoms with Gasteiger partial charge in [-0.05, 0) is 48.8 Å². The van der Waals surface area contributed by atoms with Crippen LogP contribution in [0.15, 0.2) is 18.2 Å². The second-order valence-corrected chi connectivity index (χ2v) is 7.85. The van der Waals surface area contributed by atoms with E-state index in [1.165, 1.54) is 11.1 Å². The highest BCUT2D eigenvalue weighted by molar-refractivity contribution is 5.82. The van der Waals surface area contributed by atoms with Crippen molar-refractivity contribution < 1.29 is 9.59 Å². The third kappa shape index (κ3) is 4.42. The molecule has 1 saturated heterocycles. The molecule has 0 unspecified atom stereocenters. The Hall–Kier alpha value is -1.84. The van der Waals surface area contributed by atoms with Gasteiger partial charge in [-0.15, -0.1) is 0 Å². The van der Waals surface area contributed by atoms with Crippen LogP contribution in [0.1, 0.15) is 55.7 Å². The highest BCUT2D eigenvalue weighted by Gasteiger charge is 2.34. The van der Waals surface area contributed by atoms with Gasteiger partial charge in [0.25, 0.3) is 0 Å². The molecule has 0 radical (unpaired) electrons. The summed E-state index contributed by atoms with van der Waals surface area (Å²) in [6.07, 6.45) is 3.44. The predicted octanol–water partition coefficient (Wildman–Crippen LogP) is 3.13. The molecule has 1 aromatic rings. The zero-order chi connectivity index (χ0) is 18.0. The average molecular weight is 342 g/mol. The normalized spacial score (nSPS) is 18.4. The first-order valence-electron chi connectivity index (χ1n) is 9.61. The van der Waals surface area contributed by atoms with Crippen LogP contribution < -0.4 is 0 Å². The van der Waals surface area contributed by atoms with Crippen molar-refractivity contribution >= 4 is 11.8 Å². The average Bonchev–Trinajstić information content (AvgIpc) is 3.42. The van der Waals surface area contributed by atoms with Crippen LogP contribution in [0.2, 0.25) is 0 Å². The van der Waals surface area contributed by atoms with Crippen molar-refractivity contribution in [3.8, 4) is 0 Å². The molecule has 1 saturated carbocycles. The van der Waals surface area contributed by atoms with E-state index in [-0.39, 0.29) is 11.8 Å². The van der Waals surface area contributed by atoms with Crippen LogP contribution in [0.5, 0.6) is 0 Å². The second kappa shape index (κ2) is 7.59. The topological polar surface area (TPSA) is 40.6 Å². The minimum atomic E-state index is 0.185. The van der Waals surface area contributed by atoms with E-state index in [0.29, 0.717) is 31.3 Å². The minimum absolute atomic E-state index is 0.185. The number of rotatable bonds is 4. The first-order valence-corrected chi connectivity index (χ1v) is 9.61. The summed E-state index contributed by atoms with van der Waals surface area (Å²) >= 11 is 0. The number of nitrogens with zero attached hydrogens (tertiary/aromatic N) is 2. The molecule has 3 rings (SSSR count). The lowest BCUT2D eigenvalue weighted by Gasteiger charge is -2.23. The second-order valence-electron chi connectivity index (χ2n) is 7.85. The maximum absolute atomic E-state index is 12.8. The molecule has 2 amide bonds. The molecule has 2 aliphatic rings. The van der Waals surface area contributed by atoms with E-state index in [0.717, 1.165) is 37.9 Å². The quantitative estimate of drug-likeness (QED) is 0.843. The molecule has 0 bridgehead atoms. The third-order valence-electron chi connectivity index (χ3n) is 5.47. The smallest absolute Gasteiger partial charge is 0.227 e. The molecule has 0 N–H and O–H groups in total. The SMILES string of the molecule is Cc1ccc(C(C)C)cc1CC(=O)N1CCCN(C(=O)C2CC2)CC1. The van der Waals surface area contributed by atoms with E-state index >= 15 is 0 Å². The molecule has 136 valence electrons. The van der Waals surface area contributed by atoms with Crippen LogP contribution in [0, 0.1) is 12.8 Å². The molecule has 1 heterocycles. The molecule has 0 aromatic heterocycles. The lowest BCUT2D eigenvalue weighted by atomic mass is 9.96. The van der Waals surface area contributed by atoms with Gasteiger partial charge in [-0.3, -0.25) is 9.59 Å². The van der Waals surface area contributed by atoms with Gasteiger partial charge in [0.2, 0.25) is 11.8 Å². The summed E-state index contributed by atoms with van der Waals surface area (Å²) in [5, 5.41) is 0. The van der Waals surface area contributed by atoms with Crippen molar-refractivity contribution in [3.63, 3.8) is 0 Å². The van der Waals surface area contributed by atoms with E-state index in [1.54, 1.807) is 0 Å². The van der Waals surface area contributed by atoms with Crippen LogP contribution in [-0.2, 0) is 16.0 Å². The Morgan fingerprint density at radius 3 is 2.44 bits per heavy atom. The van der Waals surface area contributed by atoms with Crippen LogP contribution >= 0.6 is 0 Å². The summed E-state index contributed by atoms with van der Waals surface area (Å²) in [5.74, 6) is 1.22. The highest BCUT2D eigenvalue weighted by atomic mass is 16.2. The van der Waals surface area contributed by atoms with Gasteiger partial charge in [-0.2, -0.15) is 0 Å². The van der Waals surface area contributed by atoms with Crippen molar-refractivity contribution in [1.29, 1.82) is 0 Å². The zero-order valence-corrected chi connectivity index (χ0v) is 15.8. The number of carbonyl (C=O) groups is 2. The fourth-order valence-corrected chi connectivity index (χ4v) is 3.49. The van der Waals surface area contributed by atoms with E-state index in [9.17, 15) is 9.59 Å². The largest absolute Gasteiger partial charge is 0.341 e. The Labute approximate surface area is 151 Å². The van der Waals surface area contributed by atoms with Crippen molar-refractivity contribution in [2.24, 2.45) is 5.92 Å². The molecule has 2 fully saturated rings. The Morgan fingerprint density at radius 2 is 1.76 bits per heavy atom. The number of aryl methyl sites for hydroxylation is 1. The van der Waals surface area contributed by atoms with Crippen molar-refractivity contribution in [3.05, 3.63) is 34.9 Å². The lowest BCUT2D eigenvalue weighted by molar-refractivity contribution is -0.134. The Kier molecular flexibility index (Phi) is 5.45. The van der Waals surface area contributed by atoms with Crippen molar-refractivity contribution in [1.82, 2.24) is 9.80 Å². The number of hydrogen-bond acceptors (Lipinski definition) is 2. The standard InChI is InChI=1S/C21H30N2O2/c1-15(2)18-6-5-16(3)19(13-18)14-20(24)22-9-4-10-23(12-11-22)21(25)17-7-8-17/h5-6,13,15,17H,4,7-12,14H2,1-3H3. The molecule has 4 nitrogen and oxygen atoms in total. The van der Waals surface area contributed by atoms with Gasteiger partial charge in [0.05, 0.1) is 6.42 Å². The summed E-state index contributed by atoms with van der Waals surface area (Å²) in [6, 6.07) is 6.45.